The lowest BCUT2D eigenvalue weighted by Crippen LogP contribution is -2.23. The fourth-order valence-corrected chi connectivity index (χ4v) is 2.50. The molecule has 0 bridgehead atoms. The van der Waals surface area contributed by atoms with Crippen LogP contribution in [0.15, 0.2) is 48.5 Å². The third kappa shape index (κ3) is 6.70. The third-order valence-corrected chi connectivity index (χ3v) is 4.00. The fraction of sp³-hybridized carbons (Fsp3) is 0.227. The van der Waals surface area contributed by atoms with Crippen molar-refractivity contribution in [3.05, 3.63) is 65.2 Å². The van der Waals surface area contributed by atoms with Gasteiger partial charge in [-0.25, -0.2) is 4.79 Å². The van der Waals surface area contributed by atoms with Crippen LogP contribution in [0.2, 0.25) is 0 Å². The first kappa shape index (κ1) is 21.5. The zero-order valence-electron chi connectivity index (χ0n) is 16.3. The van der Waals surface area contributed by atoms with Crippen LogP contribution in [0, 0.1) is 11.3 Å². The smallest absolute Gasteiger partial charge is 0.337 e. The van der Waals surface area contributed by atoms with E-state index in [-0.39, 0.29) is 18.5 Å². The van der Waals surface area contributed by atoms with E-state index in [0.29, 0.717) is 30.0 Å². The summed E-state index contributed by atoms with van der Waals surface area (Å²) >= 11 is 0. The van der Waals surface area contributed by atoms with Crippen molar-refractivity contribution in [2.75, 3.05) is 27.4 Å². The largest absolute Gasteiger partial charge is 0.493 e. The first-order valence-electron chi connectivity index (χ1n) is 8.88. The highest BCUT2D eigenvalue weighted by Crippen LogP contribution is 2.28. The van der Waals surface area contributed by atoms with Gasteiger partial charge in [0.15, 0.2) is 18.1 Å². The topological polar surface area (TPSA) is 97.6 Å². The second-order valence-corrected chi connectivity index (χ2v) is 5.92. The van der Waals surface area contributed by atoms with E-state index < -0.39 is 0 Å². The van der Waals surface area contributed by atoms with Crippen molar-refractivity contribution in [1.82, 2.24) is 5.32 Å². The molecule has 150 valence electrons. The molecule has 0 heterocycles. The molecule has 7 nitrogen and oxygen atoms in total. The minimum absolute atomic E-state index is 0.0701. The Balaban J connectivity index is 1.85. The van der Waals surface area contributed by atoms with E-state index in [0.717, 1.165) is 11.1 Å². The zero-order chi connectivity index (χ0) is 21.1. The predicted octanol–water partition coefficient (Wildman–Crippen LogP) is 2.76. The quantitative estimate of drug-likeness (QED) is 0.519. The SMILES string of the molecule is COC(=O)c1ccc(CCNC(=O)/C=C/c2ccc(OCC#N)c(OC)c2)cc1. The van der Waals surface area contributed by atoms with Gasteiger partial charge in [-0.3, -0.25) is 4.79 Å². The number of benzene rings is 2. The van der Waals surface area contributed by atoms with Crippen molar-refractivity contribution in [2.45, 2.75) is 6.42 Å². The van der Waals surface area contributed by atoms with Gasteiger partial charge in [-0.15, -0.1) is 0 Å². The number of ether oxygens (including phenoxy) is 3. The number of esters is 1. The van der Waals surface area contributed by atoms with Gasteiger partial charge in [-0.2, -0.15) is 5.26 Å². The van der Waals surface area contributed by atoms with Crippen molar-refractivity contribution < 1.29 is 23.8 Å². The Hall–Kier alpha value is -3.79. The fourth-order valence-electron chi connectivity index (χ4n) is 2.50. The number of amides is 1. The summed E-state index contributed by atoms with van der Waals surface area (Å²) in [7, 11) is 2.85. The molecule has 2 aromatic carbocycles. The number of carbonyl (C=O) groups is 2. The molecule has 1 N–H and O–H groups in total. The first-order valence-corrected chi connectivity index (χ1v) is 8.88. The maximum atomic E-state index is 12.0. The molecule has 1 amide bonds. The number of rotatable bonds is 9. The van der Waals surface area contributed by atoms with E-state index in [2.05, 4.69) is 10.1 Å². The van der Waals surface area contributed by atoms with Crippen LogP contribution in [-0.4, -0.2) is 39.2 Å². The molecular weight excluding hydrogens is 372 g/mol. The van der Waals surface area contributed by atoms with E-state index in [4.69, 9.17) is 14.7 Å². The molecule has 0 saturated heterocycles. The van der Waals surface area contributed by atoms with Gasteiger partial charge in [0.1, 0.15) is 6.07 Å². The lowest BCUT2D eigenvalue weighted by Gasteiger charge is -2.08. The highest BCUT2D eigenvalue weighted by molar-refractivity contribution is 5.91. The van der Waals surface area contributed by atoms with E-state index >= 15 is 0 Å². The van der Waals surface area contributed by atoms with Gasteiger partial charge >= 0.3 is 5.97 Å². The van der Waals surface area contributed by atoms with Gasteiger partial charge in [0.2, 0.25) is 5.91 Å². The molecule has 7 heteroatoms. The van der Waals surface area contributed by atoms with Crippen LogP contribution in [0.5, 0.6) is 11.5 Å². The Kier molecular flexibility index (Phi) is 8.27. The van der Waals surface area contributed by atoms with Gasteiger partial charge in [0, 0.05) is 12.6 Å². The molecule has 0 aliphatic heterocycles. The average molecular weight is 394 g/mol. The number of hydrogen-bond acceptors (Lipinski definition) is 6. The summed E-state index contributed by atoms with van der Waals surface area (Å²) in [6, 6.07) is 14.1. The van der Waals surface area contributed by atoms with Gasteiger partial charge < -0.3 is 19.5 Å². The standard InChI is InChI=1S/C22H22N2O5/c1-27-20-15-17(5-9-19(20)29-14-12-23)6-10-21(25)24-13-11-16-3-7-18(8-4-16)22(26)28-2/h3-10,15H,11,13-14H2,1-2H3,(H,24,25)/b10-6+. The maximum Gasteiger partial charge on any atom is 0.337 e. The number of nitrogens with one attached hydrogen (secondary N) is 1. The minimum atomic E-state index is -0.378. The minimum Gasteiger partial charge on any atom is -0.493 e. The summed E-state index contributed by atoms with van der Waals surface area (Å²) < 4.78 is 15.2. The summed E-state index contributed by atoms with van der Waals surface area (Å²) in [5.74, 6) is 0.350. The number of carbonyl (C=O) groups excluding carboxylic acids is 2. The van der Waals surface area contributed by atoms with Crippen LogP contribution >= 0.6 is 0 Å². The lowest BCUT2D eigenvalue weighted by molar-refractivity contribution is -0.116. The van der Waals surface area contributed by atoms with E-state index in [1.807, 2.05) is 18.2 Å². The normalized spacial score (nSPS) is 10.2. The van der Waals surface area contributed by atoms with Gasteiger partial charge in [0.05, 0.1) is 19.8 Å². The van der Waals surface area contributed by atoms with Gasteiger partial charge in [-0.05, 0) is 47.9 Å². The Morgan fingerprint density at radius 1 is 1.10 bits per heavy atom. The van der Waals surface area contributed by atoms with Crippen LogP contribution in [-0.2, 0) is 16.0 Å². The van der Waals surface area contributed by atoms with Crippen molar-refractivity contribution in [2.24, 2.45) is 0 Å². The van der Waals surface area contributed by atoms with Crippen LogP contribution in [0.3, 0.4) is 0 Å². The first-order chi connectivity index (χ1) is 14.1. The van der Waals surface area contributed by atoms with Crippen molar-refractivity contribution in [1.29, 1.82) is 5.26 Å². The van der Waals surface area contributed by atoms with Crippen molar-refractivity contribution in [3.8, 4) is 17.6 Å². The summed E-state index contributed by atoms with van der Waals surface area (Å²) in [5.41, 5.74) is 2.25. The molecule has 0 aromatic heterocycles. The average Bonchev–Trinajstić information content (AvgIpc) is 2.76. The van der Waals surface area contributed by atoms with Crippen LogP contribution in [0.25, 0.3) is 6.08 Å². The highest BCUT2D eigenvalue weighted by atomic mass is 16.5. The zero-order valence-corrected chi connectivity index (χ0v) is 16.3. The Morgan fingerprint density at radius 3 is 2.52 bits per heavy atom. The molecule has 29 heavy (non-hydrogen) atoms. The van der Waals surface area contributed by atoms with Crippen molar-refractivity contribution in [3.63, 3.8) is 0 Å². The van der Waals surface area contributed by atoms with Crippen LogP contribution in [0.1, 0.15) is 21.5 Å². The summed E-state index contributed by atoms with van der Waals surface area (Å²) in [4.78, 5) is 23.4. The summed E-state index contributed by atoms with van der Waals surface area (Å²) in [5, 5.41) is 11.4. The summed E-state index contributed by atoms with van der Waals surface area (Å²) in [6.07, 6.45) is 3.74. The van der Waals surface area contributed by atoms with Crippen LogP contribution < -0.4 is 14.8 Å². The number of methoxy groups -OCH3 is 2. The van der Waals surface area contributed by atoms with E-state index in [1.54, 1.807) is 36.4 Å². The second kappa shape index (κ2) is 11.1. The molecule has 2 aromatic rings. The highest BCUT2D eigenvalue weighted by Gasteiger charge is 2.06. The van der Waals surface area contributed by atoms with Crippen molar-refractivity contribution >= 4 is 18.0 Å². The summed E-state index contributed by atoms with van der Waals surface area (Å²) in [6.45, 7) is 0.393. The monoisotopic (exact) mass is 394 g/mol. The number of hydrogen-bond donors (Lipinski definition) is 1. The number of nitriles is 1. The molecule has 0 atom stereocenters. The molecule has 0 fully saturated rings. The molecule has 0 aliphatic rings. The molecule has 0 spiro atoms. The lowest BCUT2D eigenvalue weighted by atomic mass is 10.1. The Bertz CT molecular complexity index is 914. The maximum absolute atomic E-state index is 12.0. The molecule has 0 unspecified atom stereocenters. The van der Waals surface area contributed by atoms with E-state index in [9.17, 15) is 9.59 Å². The molecule has 0 radical (unpaired) electrons. The van der Waals surface area contributed by atoms with E-state index in [1.165, 1.54) is 20.3 Å². The molecule has 0 saturated carbocycles. The molecule has 2 rings (SSSR count). The molecule has 0 aliphatic carbocycles. The Morgan fingerprint density at radius 2 is 1.86 bits per heavy atom. The van der Waals surface area contributed by atoms with Crippen LogP contribution in [0.4, 0.5) is 0 Å². The second-order valence-electron chi connectivity index (χ2n) is 5.92. The number of nitrogens with zero attached hydrogens (tertiary/aromatic N) is 1. The van der Waals surface area contributed by atoms with Gasteiger partial charge in [0.25, 0.3) is 0 Å². The predicted molar refractivity (Wildman–Crippen MR) is 108 cm³/mol. The third-order valence-electron chi connectivity index (χ3n) is 4.00. The molecular formula is C22H22N2O5. The Labute approximate surface area is 169 Å². The van der Waals surface area contributed by atoms with Gasteiger partial charge in [-0.1, -0.05) is 18.2 Å².